The molecule has 208 valence electrons. The van der Waals surface area contributed by atoms with Gasteiger partial charge in [0.05, 0.1) is 17.5 Å². The quantitative estimate of drug-likeness (QED) is 0.161. The Balaban J connectivity index is 0.000000304. The Morgan fingerprint density at radius 2 is 1.87 bits per heavy atom. The minimum absolute atomic E-state index is 0.178. The molecule has 1 aliphatic heterocycles. The van der Waals surface area contributed by atoms with Crippen molar-refractivity contribution in [3.8, 4) is 0 Å². The second-order valence-electron chi connectivity index (χ2n) is 8.78. The maximum atomic E-state index is 10.8. The number of benzene rings is 1. The first-order chi connectivity index (χ1) is 17.8. The van der Waals surface area contributed by atoms with Gasteiger partial charge in [-0.25, -0.2) is 23.4 Å². The zero-order valence-electron chi connectivity index (χ0n) is 20.6. The average molecular weight is 571 g/mol. The number of carboxylic acid groups (broad SMARTS) is 1. The summed E-state index contributed by atoms with van der Waals surface area (Å²) < 4.78 is 38.6. The maximum absolute atomic E-state index is 10.8. The molecule has 6 unspecified atom stereocenters. The molecule has 0 aliphatic carbocycles. The third kappa shape index (κ3) is 7.16. The molecule has 0 bridgehead atoms. The van der Waals surface area contributed by atoms with E-state index in [1.807, 2.05) is 13.2 Å². The van der Waals surface area contributed by atoms with Gasteiger partial charge in [-0.1, -0.05) is 17.7 Å². The molecule has 1 aliphatic rings. The molecule has 14 nitrogen and oxygen atoms in total. The van der Waals surface area contributed by atoms with Gasteiger partial charge in [-0.05, 0) is 30.0 Å². The summed E-state index contributed by atoms with van der Waals surface area (Å²) in [5.74, 6) is 0.254. The van der Waals surface area contributed by atoms with Crippen LogP contribution in [0.4, 0.5) is 5.82 Å². The number of aliphatic carboxylic acids is 1. The normalized spacial score (nSPS) is 23.0. The third-order valence-electron chi connectivity index (χ3n) is 5.85. The fourth-order valence-electron chi connectivity index (χ4n) is 3.67. The molecule has 3 heterocycles. The number of carboxylic acids is 1. The summed E-state index contributed by atoms with van der Waals surface area (Å²) in [6.07, 6.45) is 1.31. The van der Waals surface area contributed by atoms with Crippen molar-refractivity contribution in [1.29, 1.82) is 0 Å². The number of aliphatic hydroxyl groups excluding tert-OH is 2. The number of rotatable bonds is 8. The monoisotopic (exact) mass is 570 g/mol. The molecule has 1 aromatic carbocycles. The van der Waals surface area contributed by atoms with E-state index in [0.717, 1.165) is 5.56 Å². The fraction of sp³-hybridized carbons (Fsp3) is 0.455. The van der Waals surface area contributed by atoms with E-state index in [9.17, 15) is 28.0 Å². The lowest BCUT2D eigenvalue weighted by molar-refractivity contribution is -0.138. The van der Waals surface area contributed by atoms with E-state index in [1.54, 1.807) is 12.1 Å². The molecule has 1 fully saturated rings. The summed E-state index contributed by atoms with van der Waals surface area (Å²) >= 11 is 0. The van der Waals surface area contributed by atoms with Gasteiger partial charge in [-0.2, -0.15) is 0 Å². The number of aliphatic hydroxyl groups is 2. The standard InChI is InChI=1S/C15H22N6O5S.C7H8O3S/c1-27(3-2-7(16)15(24)25)4-8-10(22)11(23)14(26-8)21-6-20-9-12(17)18-5-19-13(9)21;1-6-2-4-7(5-3-6)11(8,9)10/h5-8,10-11,14,22-23H,2-4,16H2,1H3,(H2-,17,18,19,24,25);2-5H,1H3,(H,8,9,10). The second kappa shape index (κ2) is 12.3. The van der Waals surface area contributed by atoms with E-state index in [-0.39, 0.29) is 21.6 Å². The minimum atomic E-state index is -4.27. The number of carbonyl (C=O) groups is 1. The van der Waals surface area contributed by atoms with Gasteiger partial charge in [-0.3, -0.25) is 9.36 Å². The zero-order valence-corrected chi connectivity index (χ0v) is 22.2. The van der Waals surface area contributed by atoms with Gasteiger partial charge in [0.2, 0.25) is 0 Å². The molecule has 0 amide bonds. The number of hydrogen-bond donors (Lipinski definition) is 5. The first-order valence-electron chi connectivity index (χ1n) is 11.3. The van der Waals surface area contributed by atoms with Crippen LogP contribution in [0, 0.1) is 6.92 Å². The topological polar surface area (TPSA) is 240 Å². The van der Waals surface area contributed by atoms with Gasteiger partial charge < -0.3 is 36.1 Å². The molecule has 3 aromatic rings. The van der Waals surface area contributed by atoms with Crippen LogP contribution in [0.25, 0.3) is 11.2 Å². The minimum Gasteiger partial charge on any atom is -0.744 e. The van der Waals surface area contributed by atoms with Crippen molar-refractivity contribution in [2.24, 2.45) is 5.73 Å². The number of aryl methyl sites for hydroxylation is 1. The Labute approximate surface area is 221 Å². The molecule has 0 radical (unpaired) electrons. The smallest absolute Gasteiger partial charge is 0.320 e. The average Bonchev–Trinajstić information content (AvgIpc) is 3.40. The molecule has 0 spiro atoms. The van der Waals surface area contributed by atoms with Crippen LogP contribution in [0.15, 0.2) is 41.8 Å². The predicted octanol–water partition coefficient (Wildman–Crippen LogP) is -1.02. The van der Waals surface area contributed by atoms with Gasteiger partial charge in [-0.15, -0.1) is 0 Å². The number of anilines is 1. The van der Waals surface area contributed by atoms with Crippen molar-refractivity contribution in [2.75, 3.05) is 23.5 Å². The SMILES string of the molecule is C[S+](CCC(N)C(=O)O)CC1OC(n2cnc3c(N)ncnc32)C(O)C1O.Cc1ccc(S(=O)(=O)[O-])cc1. The summed E-state index contributed by atoms with van der Waals surface area (Å²) in [6.45, 7) is 1.82. The summed E-state index contributed by atoms with van der Waals surface area (Å²) in [5.41, 5.74) is 13.0. The van der Waals surface area contributed by atoms with Crippen molar-refractivity contribution in [3.05, 3.63) is 42.5 Å². The van der Waals surface area contributed by atoms with Gasteiger partial charge in [0, 0.05) is 6.42 Å². The highest BCUT2D eigenvalue weighted by Gasteiger charge is 2.46. The van der Waals surface area contributed by atoms with E-state index in [1.165, 1.54) is 29.4 Å². The van der Waals surface area contributed by atoms with Crippen molar-refractivity contribution in [2.45, 2.75) is 48.8 Å². The second-order valence-corrected chi connectivity index (χ2v) is 12.5. The molecule has 7 N–H and O–H groups in total. The molecule has 16 heteroatoms. The third-order valence-corrected chi connectivity index (χ3v) is 8.53. The molecule has 4 rings (SSSR count). The van der Waals surface area contributed by atoms with Crippen molar-refractivity contribution in [3.63, 3.8) is 0 Å². The maximum Gasteiger partial charge on any atom is 0.320 e. The number of nitrogens with zero attached hydrogens (tertiary/aromatic N) is 4. The van der Waals surface area contributed by atoms with Crippen molar-refractivity contribution in [1.82, 2.24) is 19.5 Å². The number of nitrogens with two attached hydrogens (primary N) is 2. The van der Waals surface area contributed by atoms with E-state index in [0.29, 0.717) is 29.1 Å². The molecular weight excluding hydrogens is 540 g/mol. The van der Waals surface area contributed by atoms with Crippen LogP contribution < -0.4 is 11.5 Å². The van der Waals surface area contributed by atoms with Gasteiger partial charge >= 0.3 is 5.97 Å². The first-order valence-corrected chi connectivity index (χ1v) is 14.7. The van der Waals surface area contributed by atoms with Crippen LogP contribution in [0.5, 0.6) is 0 Å². The lowest BCUT2D eigenvalue weighted by Crippen LogP contribution is -2.37. The largest absolute Gasteiger partial charge is 0.744 e. The van der Waals surface area contributed by atoms with Crippen LogP contribution in [0.1, 0.15) is 18.2 Å². The number of nitrogen functional groups attached to an aromatic ring is 1. The van der Waals surface area contributed by atoms with E-state index in [2.05, 4.69) is 15.0 Å². The fourth-order valence-corrected chi connectivity index (χ4v) is 5.80. The van der Waals surface area contributed by atoms with Crippen LogP contribution in [-0.2, 0) is 30.5 Å². The van der Waals surface area contributed by atoms with Crippen LogP contribution >= 0.6 is 0 Å². The highest BCUT2D eigenvalue weighted by Crippen LogP contribution is 2.32. The van der Waals surface area contributed by atoms with E-state index in [4.69, 9.17) is 21.3 Å². The number of fused-ring (bicyclic) bond motifs is 1. The number of aromatic nitrogens is 4. The van der Waals surface area contributed by atoms with Crippen LogP contribution in [0.2, 0.25) is 0 Å². The molecule has 6 atom stereocenters. The highest BCUT2D eigenvalue weighted by molar-refractivity contribution is 7.96. The lowest BCUT2D eigenvalue weighted by Gasteiger charge is -2.16. The Hall–Kier alpha value is -2.86. The molecule has 1 saturated heterocycles. The summed E-state index contributed by atoms with van der Waals surface area (Å²) in [6, 6.07) is 4.88. The predicted molar refractivity (Wildman–Crippen MR) is 138 cm³/mol. The summed E-state index contributed by atoms with van der Waals surface area (Å²) in [5, 5.41) is 29.7. The Bertz CT molecular complexity index is 1350. The zero-order chi connectivity index (χ0) is 28.2. The molecule has 0 saturated carbocycles. The summed E-state index contributed by atoms with van der Waals surface area (Å²) in [4.78, 5) is 22.8. The van der Waals surface area contributed by atoms with Crippen LogP contribution in [-0.4, -0.2) is 95.9 Å². The first kappa shape index (κ1) is 29.7. The molecule has 2 aromatic heterocycles. The van der Waals surface area contributed by atoms with E-state index < -0.39 is 46.7 Å². The Kier molecular flexibility index (Phi) is 9.64. The molecular formula is C22H30N6O8S2. The Morgan fingerprint density at radius 3 is 2.47 bits per heavy atom. The van der Waals surface area contributed by atoms with Gasteiger partial charge in [0.15, 0.2) is 17.7 Å². The van der Waals surface area contributed by atoms with E-state index >= 15 is 0 Å². The highest BCUT2D eigenvalue weighted by atomic mass is 32.2. The number of hydrogen-bond acceptors (Lipinski definition) is 12. The number of imidazole rings is 1. The Morgan fingerprint density at radius 1 is 1.21 bits per heavy atom. The number of ether oxygens (including phenoxy) is 1. The van der Waals surface area contributed by atoms with Crippen LogP contribution in [0.3, 0.4) is 0 Å². The van der Waals surface area contributed by atoms with Gasteiger partial charge in [0.1, 0.15) is 57.8 Å². The van der Waals surface area contributed by atoms with Crippen molar-refractivity contribution >= 4 is 44.0 Å². The lowest BCUT2D eigenvalue weighted by atomic mass is 10.1. The summed E-state index contributed by atoms with van der Waals surface area (Å²) in [7, 11) is -4.50. The van der Waals surface area contributed by atoms with Gasteiger partial charge in [0.25, 0.3) is 0 Å². The van der Waals surface area contributed by atoms with Crippen molar-refractivity contribution < 1.29 is 37.8 Å². The molecule has 38 heavy (non-hydrogen) atoms.